The molecule has 3 rings (SSSR count). The number of carbonyl (C=O) groups is 1. The molecule has 0 unspecified atom stereocenters. The molecule has 2 aromatic rings. The standard InChI is InChI=1S/C23H36N4O3S/c1-4-5-15-27-21-12-11-19(31(29,30)26(2)3)16-20(21)25-22(27)13-14-23(28)24-17-18-9-7-6-8-10-18/h11-12,16,18H,4-10,13-15,17H2,1-3H3,(H,24,28). The summed E-state index contributed by atoms with van der Waals surface area (Å²) in [7, 11) is -0.464. The topological polar surface area (TPSA) is 84.3 Å². The summed E-state index contributed by atoms with van der Waals surface area (Å²) in [5.74, 6) is 1.52. The normalized spacial score (nSPS) is 15.6. The summed E-state index contributed by atoms with van der Waals surface area (Å²) in [5, 5.41) is 3.10. The monoisotopic (exact) mass is 448 g/mol. The molecule has 1 N–H and O–H groups in total. The average Bonchev–Trinajstić information content (AvgIpc) is 3.12. The molecule has 0 aliphatic heterocycles. The van der Waals surface area contributed by atoms with Gasteiger partial charge in [0.05, 0.1) is 15.9 Å². The van der Waals surface area contributed by atoms with Crippen molar-refractivity contribution in [2.45, 2.75) is 76.2 Å². The van der Waals surface area contributed by atoms with Crippen molar-refractivity contribution in [1.82, 2.24) is 19.2 Å². The Labute approximate surface area is 186 Å². The minimum Gasteiger partial charge on any atom is -0.356 e. The lowest BCUT2D eigenvalue weighted by atomic mass is 9.89. The minimum absolute atomic E-state index is 0.0653. The Hall–Kier alpha value is -1.93. The maximum Gasteiger partial charge on any atom is 0.242 e. The van der Waals surface area contributed by atoms with Crippen molar-refractivity contribution in [3.05, 3.63) is 24.0 Å². The number of nitrogens with zero attached hydrogens (tertiary/aromatic N) is 3. The Kier molecular flexibility index (Phi) is 8.11. The summed E-state index contributed by atoms with van der Waals surface area (Å²) < 4.78 is 28.3. The van der Waals surface area contributed by atoms with Gasteiger partial charge in [-0.2, -0.15) is 0 Å². The first-order valence-electron chi connectivity index (χ1n) is 11.5. The van der Waals surface area contributed by atoms with Gasteiger partial charge in [-0.05, 0) is 43.4 Å². The zero-order valence-electron chi connectivity index (χ0n) is 19.1. The fourth-order valence-corrected chi connectivity index (χ4v) is 5.17. The summed E-state index contributed by atoms with van der Waals surface area (Å²) in [5.41, 5.74) is 1.58. The molecular weight excluding hydrogens is 412 g/mol. The highest BCUT2D eigenvalue weighted by Gasteiger charge is 2.20. The molecule has 172 valence electrons. The van der Waals surface area contributed by atoms with Crippen molar-refractivity contribution in [2.75, 3.05) is 20.6 Å². The molecule has 1 aliphatic rings. The third-order valence-corrected chi connectivity index (χ3v) is 8.01. The Balaban J connectivity index is 1.73. The molecule has 31 heavy (non-hydrogen) atoms. The van der Waals surface area contributed by atoms with Crippen LogP contribution in [-0.4, -0.2) is 48.8 Å². The van der Waals surface area contributed by atoms with E-state index in [1.165, 1.54) is 50.5 Å². The van der Waals surface area contributed by atoms with Crippen LogP contribution < -0.4 is 5.32 Å². The molecule has 0 spiro atoms. The highest BCUT2D eigenvalue weighted by atomic mass is 32.2. The van der Waals surface area contributed by atoms with E-state index in [-0.39, 0.29) is 10.8 Å². The van der Waals surface area contributed by atoms with E-state index >= 15 is 0 Å². The molecule has 0 atom stereocenters. The third kappa shape index (κ3) is 5.86. The van der Waals surface area contributed by atoms with Crippen molar-refractivity contribution in [3.63, 3.8) is 0 Å². The molecule has 8 heteroatoms. The second-order valence-electron chi connectivity index (χ2n) is 8.78. The van der Waals surface area contributed by atoms with Gasteiger partial charge >= 0.3 is 0 Å². The number of rotatable bonds is 10. The number of unbranched alkanes of at least 4 members (excludes halogenated alkanes) is 1. The zero-order valence-corrected chi connectivity index (χ0v) is 19.9. The van der Waals surface area contributed by atoms with Crippen LogP contribution in [0.3, 0.4) is 0 Å². The van der Waals surface area contributed by atoms with Gasteiger partial charge in [0, 0.05) is 40.0 Å². The lowest BCUT2D eigenvalue weighted by Crippen LogP contribution is -2.30. The van der Waals surface area contributed by atoms with E-state index in [0.717, 1.165) is 37.3 Å². The van der Waals surface area contributed by atoms with Gasteiger partial charge in [-0.15, -0.1) is 0 Å². The van der Waals surface area contributed by atoms with Crippen LogP contribution in [0.5, 0.6) is 0 Å². The Morgan fingerprint density at radius 1 is 1.23 bits per heavy atom. The fourth-order valence-electron chi connectivity index (χ4n) is 4.25. The quantitative estimate of drug-likeness (QED) is 0.600. The summed E-state index contributed by atoms with van der Waals surface area (Å²) in [6.07, 6.45) is 9.28. The predicted molar refractivity (Wildman–Crippen MR) is 123 cm³/mol. The first-order chi connectivity index (χ1) is 14.8. The number of carbonyl (C=O) groups excluding carboxylic acids is 1. The van der Waals surface area contributed by atoms with Crippen LogP contribution in [0.1, 0.15) is 64.1 Å². The lowest BCUT2D eigenvalue weighted by Gasteiger charge is -2.21. The van der Waals surface area contributed by atoms with Gasteiger partial charge in [-0.1, -0.05) is 32.6 Å². The first kappa shape index (κ1) is 23.7. The molecule has 1 heterocycles. The molecule has 0 saturated heterocycles. The van der Waals surface area contributed by atoms with E-state index in [4.69, 9.17) is 4.98 Å². The fraction of sp³-hybridized carbons (Fsp3) is 0.652. The lowest BCUT2D eigenvalue weighted by molar-refractivity contribution is -0.121. The van der Waals surface area contributed by atoms with E-state index in [0.29, 0.717) is 24.3 Å². The molecule has 1 saturated carbocycles. The summed E-state index contributed by atoms with van der Waals surface area (Å²) in [6, 6.07) is 5.11. The maximum absolute atomic E-state index is 12.5. The highest BCUT2D eigenvalue weighted by Crippen LogP contribution is 2.24. The van der Waals surface area contributed by atoms with Gasteiger partial charge in [-0.3, -0.25) is 4.79 Å². The first-order valence-corrected chi connectivity index (χ1v) is 12.9. The second kappa shape index (κ2) is 10.6. The molecule has 1 aliphatic carbocycles. The number of aryl methyl sites for hydroxylation is 2. The number of sulfonamides is 1. The molecule has 1 fully saturated rings. The SMILES string of the molecule is CCCCn1c(CCC(=O)NCC2CCCCC2)nc2cc(S(=O)(=O)N(C)C)ccc21. The van der Waals surface area contributed by atoms with Crippen LogP contribution in [0.15, 0.2) is 23.1 Å². The van der Waals surface area contributed by atoms with Crippen LogP contribution in [0.25, 0.3) is 11.0 Å². The van der Waals surface area contributed by atoms with Crippen molar-refractivity contribution >= 4 is 27.0 Å². The molecule has 0 radical (unpaired) electrons. The van der Waals surface area contributed by atoms with Crippen LogP contribution in [0.2, 0.25) is 0 Å². The highest BCUT2D eigenvalue weighted by molar-refractivity contribution is 7.89. The predicted octanol–water partition coefficient (Wildman–Crippen LogP) is 3.72. The third-order valence-electron chi connectivity index (χ3n) is 6.20. The van der Waals surface area contributed by atoms with Crippen LogP contribution in [0, 0.1) is 5.92 Å². The van der Waals surface area contributed by atoms with Crippen molar-refractivity contribution in [2.24, 2.45) is 5.92 Å². The Morgan fingerprint density at radius 2 is 1.97 bits per heavy atom. The smallest absolute Gasteiger partial charge is 0.242 e. The van der Waals surface area contributed by atoms with Crippen LogP contribution in [-0.2, 0) is 27.8 Å². The molecule has 1 amide bonds. The van der Waals surface area contributed by atoms with Gasteiger partial charge in [0.2, 0.25) is 15.9 Å². The summed E-state index contributed by atoms with van der Waals surface area (Å²) in [4.78, 5) is 17.4. The molecular formula is C23H36N4O3S. The van der Waals surface area contributed by atoms with Gasteiger partial charge in [0.25, 0.3) is 0 Å². The summed E-state index contributed by atoms with van der Waals surface area (Å²) >= 11 is 0. The van der Waals surface area contributed by atoms with Gasteiger partial charge in [0.1, 0.15) is 5.82 Å². The number of aromatic nitrogens is 2. The summed E-state index contributed by atoms with van der Waals surface area (Å²) in [6.45, 7) is 3.72. The molecule has 1 aromatic carbocycles. The van der Waals surface area contributed by atoms with Crippen molar-refractivity contribution in [1.29, 1.82) is 0 Å². The minimum atomic E-state index is -3.51. The van der Waals surface area contributed by atoms with Crippen LogP contribution in [0.4, 0.5) is 0 Å². The van der Waals surface area contributed by atoms with Crippen molar-refractivity contribution < 1.29 is 13.2 Å². The van der Waals surface area contributed by atoms with Gasteiger partial charge < -0.3 is 9.88 Å². The second-order valence-corrected chi connectivity index (χ2v) is 10.9. The Bertz CT molecular complexity index is 992. The number of hydrogen-bond acceptors (Lipinski definition) is 4. The molecule has 1 aromatic heterocycles. The van der Waals surface area contributed by atoms with Gasteiger partial charge in [-0.25, -0.2) is 17.7 Å². The number of hydrogen-bond donors (Lipinski definition) is 1. The maximum atomic E-state index is 12.5. The van der Waals surface area contributed by atoms with E-state index in [2.05, 4.69) is 16.8 Å². The van der Waals surface area contributed by atoms with Gasteiger partial charge in [0.15, 0.2) is 0 Å². The Morgan fingerprint density at radius 3 is 2.65 bits per heavy atom. The van der Waals surface area contributed by atoms with Crippen molar-refractivity contribution in [3.8, 4) is 0 Å². The molecule has 7 nitrogen and oxygen atoms in total. The van der Waals surface area contributed by atoms with E-state index < -0.39 is 10.0 Å². The van der Waals surface area contributed by atoms with Crippen LogP contribution >= 0.6 is 0 Å². The number of benzene rings is 1. The van der Waals surface area contributed by atoms with E-state index in [1.807, 2.05) is 6.07 Å². The number of nitrogens with one attached hydrogen (secondary N) is 1. The largest absolute Gasteiger partial charge is 0.356 e. The zero-order chi connectivity index (χ0) is 22.4. The number of fused-ring (bicyclic) bond motifs is 1. The number of imidazole rings is 1. The van der Waals surface area contributed by atoms with E-state index in [1.54, 1.807) is 12.1 Å². The number of amides is 1. The molecule has 0 bridgehead atoms. The average molecular weight is 449 g/mol. The van der Waals surface area contributed by atoms with E-state index in [9.17, 15) is 13.2 Å².